The summed E-state index contributed by atoms with van der Waals surface area (Å²) in [4.78, 5) is 0. The van der Waals surface area contributed by atoms with Crippen LogP contribution in [0.5, 0.6) is 0 Å². The molecule has 3 rings (SSSR count). The van der Waals surface area contributed by atoms with E-state index in [2.05, 4.69) is 29.1 Å². The van der Waals surface area contributed by atoms with Crippen molar-refractivity contribution in [3.05, 3.63) is 22.4 Å². The SMILES string of the molecule is CC1(c2ccsc2)CC1CNC1CC1. The van der Waals surface area contributed by atoms with Crippen LogP contribution in [0.2, 0.25) is 0 Å². The first-order chi connectivity index (χ1) is 6.79. The minimum absolute atomic E-state index is 0.502. The Labute approximate surface area is 89.5 Å². The van der Waals surface area contributed by atoms with Crippen LogP contribution in [-0.4, -0.2) is 12.6 Å². The van der Waals surface area contributed by atoms with Crippen LogP contribution in [0.15, 0.2) is 16.8 Å². The molecule has 0 amide bonds. The topological polar surface area (TPSA) is 12.0 Å². The third-order valence-electron chi connectivity index (χ3n) is 3.82. The van der Waals surface area contributed by atoms with Gasteiger partial charge in [0.25, 0.3) is 0 Å². The van der Waals surface area contributed by atoms with Gasteiger partial charge in [-0.25, -0.2) is 0 Å². The van der Waals surface area contributed by atoms with E-state index in [4.69, 9.17) is 0 Å². The molecule has 1 heterocycles. The number of hydrogen-bond donors (Lipinski definition) is 1. The van der Waals surface area contributed by atoms with Crippen LogP contribution in [0.25, 0.3) is 0 Å². The molecule has 76 valence electrons. The molecule has 2 fully saturated rings. The maximum atomic E-state index is 3.64. The zero-order chi connectivity index (χ0) is 9.60. The molecule has 0 bridgehead atoms. The molecule has 2 heteroatoms. The molecular formula is C12H17NS. The Kier molecular flexibility index (Phi) is 1.96. The van der Waals surface area contributed by atoms with Gasteiger partial charge in [-0.1, -0.05) is 6.92 Å². The summed E-state index contributed by atoms with van der Waals surface area (Å²) >= 11 is 1.82. The van der Waals surface area contributed by atoms with Gasteiger partial charge < -0.3 is 5.32 Å². The number of thiophene rings is 1. The summed E-state index contributed by atoms with van der Waals surface area (Å²) in [6.45, 7) is 3.64. The third-order valence-corrected chi connectivity index (χ3v) is 4.51. The fourth-order valence-corrected chi connectivity index (χ4v) is 3.09. The Morgan fingerprint density at radius 2 is 2.43 bits per heavy atom. The molecule has 2 aliphatic rings. The number of hydrogen-bond acceptors (Lipinski definition) is 2. The van der Waals surface area contributed by atoms with Gasteiger partial charge in [0.15, 0.2) is 0 Å². The van der Waals surface area contributed by atoms with Gasteiger partial charge in [-0.3, -0.25) is 0 Å². The van der Waals surface area contributed by atoms with Crippen molar-refractivity contribution in [2.24, 2.45) is 5.92 Å². The van der Waals surface area contributed by atoms with Gasteiger partial charge in [0, 0.05) is 6.04 Å². The van der Waals surface area contributed by atoms with Crippen LogP contribution >= 0.6 is 11.3 Å². The smallest absolute Gasteiger partial charge is 0.00683 e. The molecule has 0 radical (unpaired) electrons. The summed E-state index contributed by atoms with van der Waals surface area (Å²) in [5, 5.41) is 8.15. The van der Waals surface area contributed by atoms with Gasteiger partial charge in [-0.05, 0) is 59.5 Å². The standard InChI is InChI=1S/C12H17NS/c1-12(9-4-5-14-8-9)6-10(12)7-13-11-2-3-11/h4-5,8,10-11,13H,2-3,6-7H2,1H3. The molecule has 0 spiro atoms. The second kappa shape index (κ2) is 3.07. The number of rotatable bonds is 4. The molecule has 1 aromatic rings. The molecule has 1 N–H and O–H groups in total. The first-order valence-corrected chi connectivity index (χ1v) is 6.49. The van der Waals surface area contributed by atoms with Gasteiger partial charge in [0.05, 0.1) is 0 Å². The van der Waals surface area contributed by atoms with E-state index in [0.717, 1.165) is 12.0 Å². The van der Waals surface area contributed by atoms with Gasteiger partial charge in [-0.2, -0.15) is 11.3 Å². The Morgan fingerprint density at radius 1 is 1.57 bits per heavy atom. The first kappa shape index (κ1) is 8.93. The summed E-state index contributed by atoms with van der Waals surface area (Å²) < 4.78 is 0. The van der Waals surface area contributed by atoms with Crippen molar-refractivity contribution in [1.82, 2.24) is 5.32 Å². The third kappa shape index (κ3) is 1.51. The summed E-state index contributed by atoms with van der Waals surface area (Å²) in [5.74, 6) is 0.887. The Balaban J connectivity index is 1.59. The fourth-order valence-electron chi connectivity index (χ4n) is 2.29. The lowest BCUT2D eigenvalue weighted by molar-refractivity contribution is 0.576. The van der Waals surface area contributed by atoms with Crippen molar-refractivity contribution in [2.45, 2.75) is 37.6 Å². The van der Waals surface area contributed by atoms with E-state index in [1.165, 1.54) is 25.8 Å². The highest BCUT2D eigenvalue weighted by Crippen LogP contribution is 2.54. The fraction of sp³-hybridized carbons (Fsp3) is 0.667. The van der Waals surface area contributed by atoms with Gasteiger partial charge in [0.1, 0.15) is 0 Å². The Bertz CT molecular complexity index is 315. The zero-order valence-electron chi connectivity index (χ0n) is 8.62. The lowest BCUT2D eigenvalue weighted by atomic mass is 9.99. The minimum Gasteiger partial charge on any atom is -0.314 e. The van der Waals surface area contributed by atoms with Gasteiger partial charge in [0.2, 0.25) is 0 Å². The van der Waals surface area contributed by atoms with Gasteiger partial charge >= 0.3 is 0 Å². The predicted octanol–water partition coefficient (Wildman–Crippen LogP) is 2.78. The van der Waals surface area contributed by atoms with E-state index in [-0.39, 0.29) is 0 Å². The van der Waals surface area contributed by atoms with E-state index in [1.54, 1.807) is 5.56 Å². The largest absolute Gasteiger partial charge is 0.314 e. The average molecular weight is 207 g/mol. The molecule has 14 heavy (non-hydrogen) atoms. The Morgan fingerprint density at radius 3 is 3.07 bits per heavy atom. The van der Waals surface area contributed by atoms with Gasteiger partial charge in [-0.15, -0.1) is 0 Å². The Hall–Kier alpha value is -0.340. The maximum Gasteiger partial charge on any atom is 0.00683 e. The van der Waals surface area contributed by atoms with Crippen molar-refractivity contribution in [3.8, 4) is 0 Å². The van der Waals surface area contributed by atoms with Crippen LogP contribution < -0.4 is 5.32 Å². The molecule has 0 aliphatic heterocycles. The molecule has 1 nitrogen and oxygen atoms in total. The molecule has 2 unspecified atom stereocenters. The van der Waals surface area contributed by atoms with Crippen LogP contribution in [0.4, 0.5) is 0 Å². The highest BCUT2D eigenvalue weighted by Gasteiger charge is 2.51. The summed E-state index contributed by atoms with van der Waals surface area (Å²) in [6.07, 6.45) is 4.19. The minimum atomic E-state index is 0.502. The average Bonchev–Trinajstić information content (AvgIpc) is 3.04. The lowest BCUT2D eigenvalue weighted by Crippen LogP contribution is -2.21. The normalized spacial score (nSPS) is 35.9. The van der Waals surface area contributed by atoms with Crippen molar-refractivity contribution in [3.63, 3.8) is 0 Å². The second-order valence-electron chi connectivity index (χ2n) is 5.01. The maximum absolute atomic E-state index is 3.64. The van der Waals surface area contributed by atoms with E-state index in [1.807, 2.05) is 11.3 Å². The molecule has 0 saturated heterocycles. The highest BCUT2D eigenvalue weighted by atomic mass is 32.1. The van der Waals surface area contributed by atoms with E-state index in [9.17, 15) is 0 Å². The molecule has 2 atom stereocenters. The predicted molar refractivity (Wildman–Crippen MR) is 60.8 cm³/mol. The van der Waals surface area contributed by atoms with Crippen molar-refractivity contribution < 1.29 is 0 Å². The summed E-state index contributed by atoms with van der Waals surface area (Å²) in [7, 11) is 0. The van der Waals surface area contributed by atoms with Crippen LogP contribution in [-0.2, 0) is 5.41 Å². The van der Waals surface area contributed by atoms with Crippen molar-refractivity contribution >= 4 is 11.3 Å². The molecule has 2 aliphatic carbocycles. The van der Waals surface area contributed by atoms with Crippen LogP contribution in [0.1, 0.15) is 31.7 Å². The molecular weight excluding hydrogens is 190 g/mol. The van der Waals surface area contributed by atoms with E-state index < -0.39 is 0 Å². The summed E-state index contributed by atoms with van der Waals surface area (Å²) in [6, 6.07) is 3.16. The van der Waals surface area contributed by atoms with Crippen LogP contribution in [0, 0.1) is 5.92 Å². The van der Waals surface area contributed by atoms with Crippen molar-refractivity contribution in [1.29, 1.82) is 0 Å². The molecule has 1 aromatic heterocycles. The molecule has 0 aromatic carbocycles. The number of nitrogens with one attached hydrogen (secondary N) is 1. The van der Waals surface area contributed by atoms with Crippen LogP contribution in [0.3, 0.4) is 0 Å². The zero-order valence-corrected chi connectivity index (χ0v) is 9.44. The molecule has 2 saturated carbocycles. The van der Waals surface area contributed by atoms with Crippen molar-refractivity contribution in [2.75, 3.05) is 6.54 Å². The first-order valence-electron chi connectivity index (χ1n) is 5.55. The summed E-state index contributed by atoms with van der Waals surface area (Å²) in [5.41, 5.74) is 2.06. The quantitative estimate of drug-likeness (QED) is 0.800. The highest BCUT2D eigenvalue weighted by molar-refractivity contribution is 7.08. The monoisotopic (exact) mass is 207 g/mol. The van der Waals surface area contributed by atoms with E-state index >= 15 is 0 Å². The second-order valence-corrected chi connectivity index (χ2v) is 5.79. The lowest BCUT2D eigenvalue weighted by Gasteiger charge is -2.09. The van der Waals surface area contributed by atoms with E-state index in [0.29, 0.717) is 5.41 Å².